The molecule has 22 heavy (non-hydrogen) atoms. The third-order valence-electron chi connectivity index (χ3n) is 3.07. The van der Waals surface area contributed by atoms with Crippen LogP contribution in [0.15, 0.2) is 48.5 Å². The summed E-state index contributed by atoms with van der Waals surface area (Å²) in [5, 5.41) is 5.49. The molecule has 0 unspecified atom stereocenters. The van der Waals surface area contributed by atoms with Crippen LogP contribution >= 0.6 is 0 Å². The Bertz CT molecular complexity index is 683. The Hall–Kier alpha value is -2.82. The number of hydrogen-bond donors (Lipinski definition) is 2. The van der Waals surface area contributed by atoms with Crippen molar-refractivity contribution in [2.24, 2.45) is 0 Å². The van der Waals surface area contributed by atoms with Gasteiger partial charge in [0.1, 0.15) is 5.75 Å². The maximum absolute atomic E-state index is 12.3. The molecule has 0 aliphatic carbocycles. The lowest BCUT2D eigenvalue weighted by Crippen LogP contribution is -2.22. The summed E-state index contributed by atoms with van der Waals surface area (Å²) < 4.78 is 5.17. The molecule has 5 nitrogen and oxygen atoms in total. The van der Waals surface area contributed by atoms with Gasteiger partial charge in [0, 0.05) is 17.8 Å². The Balaban J connectivity index is 2.18. The van der Waals surface area contributed by atoms with E-state index in [9.17, 15) is 9.59 Å². The van der Waals surface area contributed by atoms with Crippen LogP contribution in [0.5, 0.6) is 5.75 Å². The Kier molecular flexibility index (Phi) is 5.14. The van der Waals surface area contributed by atoms with Crippen LogP contribution in [0.3, 0.4) is 0 Å². The van der Waals surface area contributed by atoms with Crippen LogP contribution in [0.4, 0.5) is 5.69 Å². The summed E-state index contributed by atoms with van der Waals surface area (Å²) in [6, 6.07) is 13.8. The number of methoxy groups -OCH3 is 1. The lowest BCUT2D eigenvalue weighted by molar-refractivity contribution is 0.0954. The molecular formula is C17H18N2O3. The standard InChI is InChI=1S/C17H18N2O3/c1-3-18-16(20)12-7-6-8-13(11-12)19-17(21)14-9-4-5-10-15(14)22-2/h4-11H,3H2,1-2H3,(H,18,20)(H,19,21). The highest BCUT2D eigenvalue weighted by Gasteiger charge is 2.12. The summed E-state index contributed by atoms with van der Waals surface area (Å²) in [6.45, 7) is 2.40. The van der Waals surface area contributed by atoms with Crippen molar-refractivity contribution in [3.8, 4) is 5.75 Å². The zero-order chi connectivity index (χ0) is 15.9. The summed E-state index contributed by atoms with van der Waals surface area (Å²) >= 11 is 0. The van der Waals surface area contributed by atoms with Crippen molar-refractivity contribution in [1.82, 2.24) is 5.32 Å². The molecule has 2 N–H and O–H groups in total. The largest absolute Gasteiger partial charge is 0.496 e. The second kappa shape index (κ2) is 7.26. The summed E-state index contributed by atoms with van der Waals surface area (Å²) in [5.41, 5.74) is 1.49. The van der Waals surface area contributed by atoms with Gasteiger partial charge in [-0.3, -0.25) is 9.59 Å². The Morgan fingerprint density at radius 3 is 2.55 bits per heavy atom. The molecule has 114 valence electrons. The topological polar surface area (TPSA) is 67.4 Å². The average Bonchev–Trinajstić information content (AvgIpc) is 2.55. The Morgan fingerprint density at radius 2 is 1.82 bits per heavy atom. The number of rotatable bonds is 5. The number of amides is 2. The molecular weight excluding hydrogens is 280 g/mol. The van der Waals surface area contributed by atoms with Crippen LogP contribution in [0.2, 0.25) is 0 Å². The summed E-state index contributed by atoms with van der Waals surface area (Å²) in [4.78, 5) is 24.1. The Labute approximate surface area is 129 Å². The summed E-state index contributed by atoms with van der Waals surface area (Å²) in [5.74, 6) is 0.0428. The first-order chi connectivity index (χ1) is 10.7. The molecule has 0 heterocycles. The van der Waals surface area contributed by atoms with E-state index >= 15 is 0 Å². The number of ether oxygens (including phenoxy) is 1. The molecule has 0 saturated carbocycles. The number of carbonyl (C=O) groups is 2. The molecule has 0 fully saturated rings. The van der Waals surface area contributed by atoms with Crippen LogP contribution in [0, 0.1) is 0 Å². The monoisotopic (exact) mass is 298 g/mol. The van der Waals surface area contributed by atoms with Gasteiger partial charge >= 0.3 is 0 Å². The van der Waals surface area contributed by atoms with E-state index in [0.717, 1.165) is 0 Å². The highest BCUT2D eigenvalue weighted by atomic mass is 16.5. The minimum Gasteiger partial charge on any atom is -0.496 e. The molecule has 0 radical (unpaired) electrons. The van der Waals surface area contributed by atoms with E-state index in [4.69, 9.17) is 4.74 Å². The Morgan fingerprint density at radius 1 is 1.05 bits per heavy atom. The highest BCUT2D eigenvalue weighted by molar-refractivity contribution is 6.06. The minimum absolute atomic E-state index is 0.170. The normalized spacial score (nSPS) is 9.91. The van der Waals surface area contributed by atoms with Gasteiger partial charge in [-0.2, -0.15) is 0 Å². The third kappa shape index (κ3) is 3.63. The maximum Gasteiger partial charge on any atom is 0.259 e. The number of benzene rings is 2. The van der Waals surface area contributed by atoms with E-state index in [2.05, 4.69) is 10.6 Å². The second-order valence-electron chi connectivity index (χ2n) is 4.59. The van der Waals surface area contributed by atoms with E-state index in [1.165, 1.54) is 7.11 Å². The van der Waals surface area contributed by atoms with Crippen LogP contribution in [-0.2, 0) is 0 Å². The first-order valence-electron chi connectivity index (χ1n) is 6.98. The van der Waals surface area contributed by atoms with Crippen molar-refractivity contribution >= 4 is 17.5 Å². The fraction of sp³-hybridized carbons (Fsp3) is 0.176. The fourth-order valence-electron chi connectivity index (χ4n) is 2.03. The predicted octanol–water partition coefficient (Wildman–Crippen LogP) is 2.70. The van der Waals surface area contributed by atoms with Gasteiger partial charge in [-0.1, -0.05) is 18.2 Å². The van der Waals surface area contributed by atoms with Crippen molar-refractivity contribution < 1.29 is 14.3 Å². The molecule has 0 aliphatic heterocycles. The third-order valence-corrected chi connectivity index (χ3v) is 3.07. The quantitative estimate of drug-likeness (QED) is 0.892. The number of para-hydroxylation sites is 1. The number of carbonyl (C=O) groups excluding carboxylic acids is 2. The van der Waals surface area contributed by atoms with Gasteiger partial charge in [0.2, 0.25) is 0 Å². The lowest BCUT2D eigenvalue weighted by Gasteiger charge is -2.10. The van der Waals surface area contributed by atoms with E-state index in [1.54, 1.807) is 48.5 Å². The van der Waals surface area contributed by atoms with Crippen molar-refractivity contribution in [3.05, 3.63) is 59.7 Å². The zero-order valence-electron chi connectivity index (χ0n) is 12.6. The van der Waals surface area contributed by atoms with E-state index in [0.29, 0.717) is 29.1 Å². The van der Waals surface area contributed by atoms with Gasteiger partial charge < -0.3 is 15.4 Å². The molecule has 0 bridgehead atoms. The fourth-order valence-corrected chi connectivity index (χ4v) is 2.03. The molecule has 0 spiro atoms. The van der Waals surface area contributed by atoms with E-state index in [-0.39, 0.29) is 11.8 Å². The summed E-state index contributed by atoms with van der Waals surface area (Å²) in [6.07, 6.45) is 0. The SMILES string of the molecule is CCNC(=O)c1cccc(NC(=O)c2ccccc2OC)c1. The van der Waals surface area contributed by atoms with Gasteiger partial charge in [0.15, 0.2) is 0 Å². The van der Waals surface area contributed by atoms with Gasteiger partial charge in [0.05, 0.1) is 12.7 Å². The molecule has 2 rings (SSSR count). The maximum atomic E-state index is 12.3. The van der Waals surface area contributed by atoms with E-state index < -0.39 is 0 Å². The first kappa shape index (κ1) is 15.6. The molecule has 0 saturated heterocycles. The van der Waals surface area contributed by atoms with Gasteiger partial charge in [-0.15, -0.1) is 0 Å². The van der Waals surface area contributed by atoms with Crippen LogP contribution in [-0.4, -0.2) is 25.5 Å². The number of nitrogens with one attached hydrogen (secondary N) is 2. The molecule has 2 aromatic rings. The predicted molar refractivity (Wildman–Crippen MR) is 85.4 cm³/mol. The molecule has 0 aromatic heterocycles. The number of anilines is 1. The molecule has 2 amide bonds. The van der Waals surface area contributed by atoms with Gasteiger partial charge in [-0.05, 0) is 37.3 Å². The minimum atomic E-state index is -0.287. The van der Waals surface area contributed by atoms with Crippen LogP contribution < -0.4 is 15.4 Å². The van der Waals surface area contributed by atoms with Crippen LogP contribution in [0.1, 0.15) is 27.6 Å². The number of hydrogen-bond acceptors (Lipinski definition) is 3. The molecule has 0 atom stereocenters. The molecule has 0 aliphatic rings. The zero-order valence-corrected chi connectivity index (χ0v) is 12.6. The van der Waals surface area contributed by atoms with Crippen molar-refractivity contribution in [2.45, 2.75) is 6.92 Å². The average molecular weight is 298 g/mol. The summed E-state index contributed by atoms with van der Waals surface area (Å²) in [7, 11) is 1.52. The van der Waals surface area contributed by atoms with Gasteiger partial charge in [0.25, 0.3) is 11.8 Å². The van der Waals surface area contributed by atoms with E-state index in [1.807, 2.05) is 6.92 Å². The highest BCUT2D eigenvalue weighted by Crippen LogP contribution is 2.19. The second-order valence-corrected chi connectivity index (χ2v) is 4.59. The van der Waals surface area contributed by atoms with Crippen molar-refractivity contribution in [2.75, 3.05) is 19.0 Å². The van der Waals surface area contributed by atoms with Crippen LogP contribution in [0.25, 0.3) is 0 Å². The van der Waals surface area contributed by atoms with Gasteiger partial charge in [-0.25, -0.2) is 0 Å². The van der Waals surface area contributed by atoms with Crippen molar-refractivity contribution in [1.29, 1.82) is 0 Å². The first-order valence-corrected chi connectivity index (χ1v) is 6.98. The molecule has 2 aromatic carbocycles. The smallest absolute Gasteiger partial charge is 0.259 e. The molecule has 5 heteroatoms. The lowest BCUT2D eigenvalue weighted by atomic mass is 10.1. The van der Waals surface area contributed by atoms with Crippen molar-refractivity contribution in [3.63, 3.8) is 0 Å².